The molecule has 0 bridgehead atoms. The number of esters is 1. The molecule has 0 spiro atoms. The number of rotatable bonds is 4. The van der Waals surface area contributed by atoms with Crippen molar-refractivity contribution in [1.82, 2.24) is 4.31 Å². The van der Waals surface area contributed by atoms with E-state index in [1.807, 2.05) is 0 Å². The first-order valence-electron chi connectivity index (χ1n) is 7.86. The Morgan fingerprint density at radius 1 is 1.26 bits per heavy atom. The first kappa shape index (κ1) is 18.9. The van der Waals surface area contributed by atoms with Gasteiger partial charge in [0, 0.05) is 19.0 Å². The van der Waals surface area contributed by atoms with Crippen LogP contribution in [0, 0.1) is 15.9 Å². The van der Waals surface area contributed by atoms with E-state index in [0.717, 1.165) is 29.1 Å². The average Bonchev–Trinajstić information content (AvgIpc) is 2.66. The summed E-state index contributed by atoms with van der Waals surface area (Å²) < 4.78 is 45.4. The van der Waals surface area contributed by atoms with Gasteiger partial charge in [-0.25, -0.2) is 8.42 Å². The molecule has 0 amide bonds. The standard InChI is InChI=1S/C17H15FN2O6S/c1-26-17(21)16-8-11-4-2-3-5-12(11)10-19(16)27(24,25)13-6-7-14(18)15(9-13)20(22)23/h2-7,9,16H,8,10H2,1H3/t16-/m1/s1. The van der Waals surface area contributed by atoms with Gasteiger partial charge in [0.1, 0.15) is 6.04 Å². The van der Waals surface area contributed by atoms with Gasteiger partial charge in [0.2, 0.25) is 15.8 Å². The molecule has 1 heterocycles. The zero-order chi connectivity index (χ0) is 19.8. The number of halogens is 1. The maximum atomic E-state index is 13.6. The molecule has 0 saturated heterocycles. The summed E-state index contributed by atoms with van der Waals surface area (Å²) in [6, 6.07) is 8.23. The Bertz CT molecular complexity index is 1020. The third-order valence-corrected chi connectivity index (χ3v) is 6.25. The van der Waals surface area contributed by atoms with E-state index in [9.17, 15) is 27.7 Å². The molecule has 27 heavy (non-hydrogen) atoms. The van der Waals surface area contributed by atoms with Crippen molar-refractivity contribution < 1.29 is 27.3 Å². The smallest absolute Gasteiger partial charge is 0.324 e. The molecule has 3 rings (SSSR count). The van der Waals surface area contributed by atoms with Crippen molar-refractivity contribution in [1.29, 1.82) is 0 Å². The number of hydrogen-bond donors (Lipinski definition) is 0. The van der Waals surface area contributed by atoms with Gasteiger partial charge >= 0.3 is 11.7 Å². The molecular formula is C17H15FN2O6S. The third kappa shape index (κ3) is 3.40. The van der Waals surface area contributed by atoms with Gasteiger partial charge in [-0.1, -0.05) is 24.3 Å². The van der Waals surface area contributed by atoms with Gasteiger partial charge in [-0.3, -0.25) is 14.9 Å². The van der Waals surface area contributed by atoms with Gasteiger partial charge in [0.15, 0.2) is 0 Å². The molecule has 0 aliphatic carbocycles. The van der Waals surface area contributed by atoms with E-state index in [0.29, 0.717) is 11.6 Å². The number of hydrogen-bond acceptors (Lipinski definition) is 6. The number of ether oxygens (including phenoxy) is 1. The van der Waals surface area contributed by atoms with E-state index in [4.69, 9.17) is 4.74 Å². The number of nitrogens with zero attached hydrogens (tertiary/aromatic N) is 2. The molecule has 0 fully saturated rings. The molecule has 0 aromatic heterocycles. The maximum absolute atomic E-state index is 13.6. The van der Waals surface area contributed by atoms with Crippen LogP contribution in [0.25, 0.3) is 0 Å². The van der Waals surface area contributed by atoms with Gasteiger partial charge in [0.25, 0.3) is 0 Å². The molecule has 0 radical (unpaired) electrons. The van der Waals surface area contributed by atoms with Crippen LogP contribution in [0.5, 0.6) is 0 Å². The zero-order valence-electron chi connectivity index (χ0n) is 14.2. The molecule has 2 aromatic rings. The summed E-state index contributed by atoms with van der Waals surface area (Å²) in [6.07, 6.45) is 0.103. The summed E-state index contributed by atoms with van der Waals surface area (Å²) in [5.74, 6) is -1.89. The lowest BCUT2D eigenvalue weighted by atomic mass is 9.96. The van der Waals surface area contributed by atoms with Crippen LogP contribution in [0.15, 0.2) is 47.4 Å². The minimum absolute atomic E-state index is 0.103. The quantitative estimate of drug-likeness (QED) is 0.446. The van der Waals surface area contributed by atoms with Crippen molar-refractivity contribution in [2.24, 2.45) is 0 Å². The number of sulfonamides is 1. The Labute approximate surface area is 154 Å². The fourth-order valence-electron chi connectivity index (χ4n) is 3.02. The van der Waals surface area contributed by atoms with E-state index in [1.54, 1.807) is 24.3 Å². The Balaban J connectivity index is 2.10. The Morgan fingerprint density at radius 3 is 2.56 bits per heavy atom. The van der Waals surface area contributed by atoms with Crippen molar-refractivity contribution in [2.75, 3.05) is 7.11 Å². The molecule has 8 nitrogen and oxygen atoms in total. The highest BCUT2D eigenvalue weighted by molar-refractivity contribution is 7.89. The Kier molecular flexibility index (Phi) is 4.94. The lowest BCUT2D eigenvalue weighted by molar-refractivity contribution is -0.387. The number of carbonyl (C=O) groups is 1. The molecular weight excluding hydrogens is 379 g/mol. The van der Waals surface area contributed by atoms with Crippen LogP contribution in [-0.2, 0) is 32.5 Å². The maximum Gasteiger partial charge on any atom is 0.324 e. The molecule has 0 saturated carbocycles. The fourth-order valence-corrected chi connectivity index (χ4v) is 4.59. The molecule has 142 valence electrons. The van der Waals surface area contributed by atoms with Crippen molar-refractivity contribution in [2.45, 2.75) is 23.9 Å². The monoisotopic (exact) mass is 394 g/mol. The van der Waals surface area contributed by atoms with Gasteiger partial charge < -0.3 is 4.74 Å². The van der Waals surface area contributed by atoms with Crippen LogP contribution in [0.2, 0.25) is 0 Å². The number of benzene rings is 2. The number of carbonyl (C=O) groups excluding carboxylic acids is 1. The van der Waals surface area contributed by atoms with Crippen LogP contribution >= 0.6 is 0 Å². The largest absolute Gasteiger partial charge is 0.468 e. The van der Waals surface area contributed by atoms with Crippen LogP contribution in [0.3, 0.4) is 0 Å². The van der Waals surface area contributed by atoms with E-state index < -0.39 is 43.4 Å². The van der Waals surface area contributed by atoms with E-state index >= 15 is 0 Å². The first-order chi connectivity index (χ1) is 12.8. The second kappa shape index (κ2) is 7.05. The van der Waals surface area contributed by atoms with Crippen molar-refractivity contribution in [3.8, 4) is 0 Å². The second-order valence-electron chi connectivity index (χ2n) is 5.93. The third-order valence-electron chi connectivity index (χ3n) is 4.40. The number of fused-ring (bicyclic) bond motifs is 1. The molecule has 0 N–H and O–H groups in total. The predicted molar refractivity (Wildman–Crippen MR) is 91.7 cm³/mol. The highest BCUT2D eigenvalue weighted by Gasteiger charge is 2.40. The lowest BCUT2D eigenvalue weighted by Gasteiger charge is -2.34. The zero-order valence-corrected chi connectivity index (χ0v) is 15.0. The molecule has 0 unspecified atom stereocenters. The number of nitro groups is 1. The summed E-state index contributed by atoms with van der Waals surface area (Å²) >= 11 is 0. The number of nitro benzene ring substituents is 1. The minimum Gasteiger partial charge on any atom is -0.468 e. The summed E-state index contributed by atoms with van der Waals surface area (Å²) in [5, 5.41) is 10.9. The van der Waals surface area contributed by atoms with Crippen LogP contribution in [-0.4, -0.2) is 36.8 Å². The Morgan fingerprint density at radius 2 is 1.93 bits per heavy atom. The molecule has 1 aliphatic rings. The highest BCUT2D eigenvalue weighted by Crippen LogP contribution is 2.31. The van der Waals surface area contributed by atoms with Crippen molar-refractivity contribution >= 4 is 21.7 Å². The Hall–Kier alpha value is -2.85. The molecule has 10 heteroatoms. The first-order valence-corrected chi connectivity index (χ1v) is 9.30. The summed E-state index contributed by atoms with van der Waals surface area (Å²) in [6.45, 7) is -0.108. The van der Waals surface area contributed by atoms with Gasteiger partial charge in [0.05, 0.1) is 16.9 Å². The number of methoxy groups -OCH3 is 1. The molecule has 1 atom stereocenters. The average molecular weight is 394 g/mol. The summed E-state index contributed by atoms with van der Waals surface area (Å²) in [5.41, 5.74) is 0.561. The lowest BCUT2D eigenvalue weighted by Crippen LogP contribution is -2.49. The minimum atomic E-state index is -4.32. The fraction of sp³-hybridized carbons (Fsp3) is 0.235. The topological polar surface area (TPSA) is 107 Å². The van der Waals surface area contributed by atoms with Crippen molar-refractivity contribution in [3.63, 3.8) is 0 Å². The van der Waals surface area contributed by atoms with Crippen LogP contribution in [0.4, 0.5) is 10.1 Å². The van der Waals surface area contributed by atoms with Crippen LogP contribution < -0.4 is 0 Å². The normalized spacial score (nSPS) is 17.2. The van der Waals surface area contributed by atoms with Gasteiger partial charge in [-0.15, -0.1) is 0 Å². The van der Waals surface area contributed by atoms with E-state index in [-0.39, 0.29) is 13.0 Å². The second-order valence-corrected chi connectivity index (χ2v) is 7.82. The summed E-state index contributed by atoms with van der Waals surface area (Å²) in [7, 11) is -3.17. The molecule has 1 aliphatic heterocycles. The van der Waals surface area contributed by atoms with E-state index in [1.165, 1.54) is 0 Å². The van der Waals surface area contributed by atoms with Crippen molar-refractivity contribution in [3.05, 3.63) is 69.5 Å². The van der Waals surface area contributed by atoms with Gasteiger partial charge in [-0.05, 0) is 23.3 Å². The van der Waals surface area contributed by atoms with E-state index in [2.05, 4.69) is 0 Å². The highest BCUT2D eigenvalue weighted by atomic mass is 32.2. The van der Waals surface area contributed by atoms with Gasteiger partial charge in [-0.2, -0.15) is 8.70 Å². The van der Waals surface area contributed by atoms with Crippen LogP contribution in [0.1, 0.15) is 11.1 Å². The molecule has 2 aromatic carbocycles. The predicted octanol–water partition coefficient (Wildman–Crippen LogP) is 2.02. The SMILES string of the molecule is COC(=O)[C@H]1Cc2ccccc2CN1S(=O)(=O)c1ccc(F)c([N+](=O)[O-])c1. The summed E-state index contributed by atoms with van der Waals surface area (Å²) in [4.78, 5) is 21.7.